The maximum absolute atomic E-state index is 13.0. The number of halogens is 1. The number of benzene rings is 1. The van der Waals surface area contributed by atoms with Gasteiger partial charge < -0.3 is 5.32 Å². The average Bonchev–Trinajstić information content (AvgIpc) is 2.97. The number of anilines is 1. The predicted octanol–water partition coefficient (Wildman–Crippen LogP) is 2.02. The SMILES string of the molecule is C#CCNc1nc(CC)nc2c1nnn2Cc1ccc(F)cc1. The smallest absolute Gasteiger partial charge is 0.184 e. The van der Waals surface area contributed by atoms with E-state index in [2.05, 4.69) is 31.5 Å². The summed E-state index contributed by atoms with van der Waals surface area (Å²) >= 11 is 0. The number of hydrogen-bond donors (Lipinski definition) is 1. The van der Waals surface area contributed by atoms with Crippen molar-refractivity contribution in [2.45, 2.75) is 19.9 Å². The second-order valence-electron chi connectivity index (χ2n) is 4.95. The first kappa shape index (κ1) is 14.9. The van der Waals surface area contributed by atoms with Gasteiger partial charge in [-0.1, -0.05) is 30.2 Å². The highest BCUT2D eigenvalue weighted by atomic mass is 19.1. The van der Waals surface area contributed by atoms with Crippen molar-refractivity contribution in [1.82, 2.24) is 25.0 Å². The minimum Gasteiger partial charge on any atom is -0.357 e. The van der Waals surface area contributed by atoms with Gasteiger partial charge in [0.05, 0.1) is 13.1 Å². The quantitative estimate of drug-likeness (QED) is 0.730. The van der Waals surface area contributed by atoms with E-state index in [1.54, 1.807) is 16.8 Å². The zero-order valence-electron chi connectivity index (χ0n) is 12.6. The van der Waals surface area contributed by atoms with Gasteiger partial charge in [-0.25, -0.2) is 19.0 Å². The molecule has 0 fully saturated rings. The van der Waals surface area contributed by atoms with Crippen molar-refractivity contribution >= 4 is 17.0 Å². The highest BCUT2D eigenvalue weighted by Crippen LogP contribution is 2.18. The van der Waals surface area contributed by atoms with E-state index in [1.165, 1.54) is 12.1 Å². The van der Waals surface area contributed by atoms with E-state index in [1.807, 2.05) is 6.92 Å². The molecule has 7 heteroatoms. The van der Waals surface area contributed by atoms with Crippen molar-refractivity contribution in [3.05, 3.63) is 41.5 Å². The Balaban J connectivity index is 2.01. The Morgan fingerprint density at radius 2 is 2.04 bits per heavy atom. The Morgan fingerprint density at radius 1 is 1.26 bits per heavy atom. The molecule has 0 atom stereocenters. The van der Waals surface area contributed by atoms with Crippen molar-refractivity contribution in [2.24, 2.45) is 0 Å². The van der Waals surface area contributed by atoms with E-state index in [9.17, 15) is 4.39 Å². The first-order valence-corrected chi connectivity index (χ1v) is 7.23. The molecule has 0 unspecified atom stereocenters. The lowest BCUT2D eigenvalue weighted by Crippen LogP contribution is -2.07. The average molecular weight is 310 g/mol. The number of hydrogen-bond acceptors (Lipinski definition) is 5. The van der Waals surface area contributed by atoms with Crippen molar-refractivity contribution in [3.8, 4) is 12.3 Å². The van der Waals surface area contributed by atoms with E-state index in [-0.39, 0.29) is 5.82 Å². The third-order valence-corrected chi connectivity index (χ3v) is 3.33. The van der Waals surface area contributed by atoms with E-state index in [4.69, 9.17) is 6.42 Å². The molecule has 0 bridgehead atoms. The summed E-state index contributed by atoms with van der Waals surface area (Å²) in [5.41, 5.74) is 2.10. The van der Waals surface area contributed by atoms with E-state index in [0.717, 1.165) is 5.56 Å². The summed E-state index contributed by atoms with van der Waals surface area (Å²) in [6.45, 7) is 2.77. The van der Waals surface area contributed by atoms with Gasteiger partial charge in [0.1, 0.15) is 11.6 Å². The zero-order valence-corrected chi connectivity index (χ0v) is 12.6. The van der Waals surface area contributed by atoms with Gasteiger partial charge in [0.25, 0.3) is 0 Å². The summed E-state index contributed by atoms with van der Waals surface area (Å²) in [4.78, 5) is 8.90. The largest absolute Gasteiger partial charge is 0.357 e. The maximum atomic E-state index is 13.0. The molecule has 3 rings (SSSR count). The fourth-order valence-electron chi connectivity index (χ4n) is 2.19. The monoisotopic (exact) mass is 310 g/mol. The second-order valence-corrected chi connectivity index (χ2v) is 4.95. The molecule has 1 N–H and O–H groups in total. The van der Waals surface area contributed by atoms with Gasteiger partial charge in [-0.05, 0) is 17.7 Å². The standard InChI is InChI=1S/C16H15FN6/c1-3-9-18-15-14-16(20-13(4-2)19-15)23(22-21-14)10-11-5-7-12(17)8-6-11/h1,5-8H,4,9-10H2,2H3,(H,18,19,20). The molecule has 3 aromatic rings. The van der Waals surface area contributed by atoms with Crippen LogP contribution in [0.5, 0.6) is 0 Å². The van der Waals surface area contributed by atoms with Gasteiger partial charge in [0, 0.05) is 6.42 Å². The predicted molar refractivity (Wildman–Crippen MR) is 85.3 cm³/mol. The number of nitrogens with zero attached hydrogens (tertiary/aromatic N) is 5. The minimum absolute atomic E-state index is 0.270. The van der Waals surface area contributed by atoms with Crippen LogP contribution in [0.25, 0.3) is 11.2 Å². The molecule has 2 heterocycles. The normalized spacial score (nSPS) is 10.7. The Morgan fingerprint density at radius 3 is 2.74 bits per heavy atom. The molecule has 0 amide bonds. The Kier molecular flexibility index (Phi) is 4.15. The number of terminal acetylenes is 1. The molecule has 1 aromatic carbocycles. The molecule has 0 saturated carbocycles. The summed E-state index contributed by atoms with van der Waals surface area (Å²) in [7, 11) is 0. The number of aryl methyl sites for hydroxylation is 1. The van der Waals surface area contributed by atoms with Crippen LogP contribution in [0.1, 0.15) is 18.3 Å². The van der Waals surface area contributed by atoms with Gasteiger partial charge in [-0.3, -0.25) is 0 Å². The summed E-state index contributed by atoms with van der Waals surface area (Å²) in [6.07, 6.45) is 5.97. The molecule has 2 aromatic heterocycles. The molecule has 0 radical (unpaired) electrons. The molecule has 0 saturated heterocycles. The lowest BCUT2D eigenvalue weighted by Gasteiger charge is -2.06. The molecule has 116 valence electrons. The number of aromatic nitrogens is 5. The first-order chi connectivity index (χ1) is 11.2. The molecule has 23 heavy (non-hydrogen) atoms. The van der Waals surface area contributed by atoms with Crippen LogP contribution < -0.4 is 5.32 Å². The molecule has 0 aliphatic carbocycles. The summed E-state index contributed by atoms with van der Waals surface area (Å²) in [6, 6.07) is 6.26. The van der Waals surface area contributed by atoms with Crippen LogP contribution in [0.4, 0.5) is 10.2 Å². The van der Waals surface area contributed by atoms with Crippen LogP contribution in [0.3, 0.4) is 0 Å². The number of rotatable bonds is 5. The van der Waals surface area contributed by atoms with Crippen LogP contribution in [0.15, 0.2) is 24.3 Å². The van der Waals surface area contributed by atoms with Crippen LogP contribution in [0, 0.1) is 18.2 Å². The Labute approximate surface area is 132 Å². The molecular weight excluding hydrogens is 295 g/mol. The molecule has 0 aliphatic heterocycles. The van der Waals surface area contributed by atoms with Crippen LogP contribution >= 0.6 is 0 Å². The van der Waals surface area contributed by atoms with Gasteiger partial charge in [-0.15, -0.1) is 11.5 Å². The van der Waals surface area contributed by atoms with Gasteiger partial charge in [-0.2, -0.15) is 0 Å². The van der Waals surface area contributed by atoms with Crippen LogP contribution in [-0.4, -0.2) is 31.5 Å². The number of nitrogens with one attached hydrogen (secondary N) is 1. The third-order valence-electron chi connectivity index (χ3n) is 3.33. The van der Waals surface area contributed by atoms with E-state index in [0.29, 0.717) is 42.3 Å². The van der Waals surface area contributed by atoms with Gasteiger partial charge >= 0.3 is 0 Å². The molecular formula is C16H15FN6. The van der Waals surface area contributed by atoms with Crippen molar-refractivity contribution < 1.29 is 4.39 Å². The van der Waals surface area contributed by atoms with Crippen LogP contribution in [-0.2, 0) is 13.0 Å². The van der Waals surface area contributed by atoms with Crippen molar-refractivity contribution in [3.63, 3.8) is 0 Å². The van der Waals surface area contributed by atoms with Crippen LogP contribution in [0.2, 0.25) is 0 Å². The third kappa shape index (κ3) is 3.11. The second kappa shape index (κ2) is 6.40. The highest BCUT2D eigenvalue weighted by molar-refractivity contribution is 5.82. The topological polar surface area (TPSA) is 68.5 Å². The Bertz CT molecular complexity index is 863. The fourth-order valence-corrected chi connectivity index (χ4v) is 2.19. The maximum Gasteiger partial charge on any atom is 0.184 e. The summed E-state index contributed by atoms with van der Waals surface area (Å²) in [5.74, 6) is 3.50. The summed E-state index contributed by atoms with van der Waals surface area (Å²) in [5, 5.41) is 11.3. The Hall–Kier alpha value is -3.01. The molecule has 0 aliphatic rings. The molecule has 0 spiro atoms. The van der Waals surface area contributed by atoms with Crippen molar-refractivity contribution in [2.75, 3.05) is 11.9 Å². The van der Waals surface area contributed by atoms with E-state index >= 15 is 0 Å². The number of fused-ring (bicyclic) bond motifs is 1. The first-order valence-electron chi connectivity index (χ1n) is 7.23. The van der Waals surface area contributed by atoms with Crippen molar-refractivity contribution in [1.29, 1.82) is 0 Å². The van der Waals surface area contributed by atoms with Gasteiger partial charge in [0.2, 0.25) is 0 Å². The lowest BCUT2D eigenvalue weighted by molar-refractivity contribution is 0.623. The van der Waals surface area contributed by atoms with Gasteiger partial charge in [0.15, 0.2) is 17.0 Å². The lowest BCUT2D eigenvalue weighted by atomic mass is 10.2. The summed E-state index contributed by atoms with van der Waals surface area (Å²) < 4.78 is 14.7. The zero-order chi connectivity index (χ0) is 16.2. The molecule has 6 nitrogen and oxygen atoms in total. The highest BCUT2D eigenvalue weighted by Gasteiger charge is 2.14. The fraction of sp³-hybridized carbons (Fsp3) is 0.250. The van der Waals surface area contributed by atoms with E-state index < -0.39 is 0 Å². The minimum atomic E-state index is -0.270.